The predicted molar refractivity (Wildman–Crippen MR) is 525 cm³/mol. The van der Waals surface area contributed by atoms with E-state index in [9.17, 15) is 24.0 Å². The fourth-order valence-corrected chi connectivity index (χ4v) is 18.9. The van der Waals surface area contributed by atoms with Gasteiger partial charge in [-0.05, 0) is 228 Å². The van der Waals surface area contributed by atoms with Gasteiger partial charge in [-0.2, -0.15) is 0 Å². The van der Waals surface area contributed by atoms with Crippen LogP contribution in [0, 0.1) is 20.8 Å². The number of likely N-dealkylation sites (tertiary alicyclic amines) is 2. The highest BCUT2D eigenvalue weighted by Gasteiger charge is 2.22. The maximum Gasteiger partial charge on any atom is 0.360 e. The monoisotopic (exact) mass is 1790 g/mol. The minimum absolute atomic E-state index is 0.323. The molecular formula is C101H99ClN16O10S2. The first kappa shape index (κ1) is 87.4. The fourth-order valence-electron chi connectivity index (χ4n) is 16.7. The molecular weight excluding hydrogens is 1700 g/mol. The number of halogens is 1. The number of pyridine rings is 3. The minimum Gasteiger partial charge on any atom is -0.422 e. The van der Waals surface area contributed by atoms with Crippen LogP contribution in [0.15, 0.2) is 265 Å². The first-order chi connectivity index (χ1) is 63.5. The van der Waals surface area contributed by atoms with E-state index in [2.05, 4.69) is 112 Å². The Kier molecular flexibility index (Phi) is 27.3. The van der Waals surface area contributed by atoms with Crippen molar-refractivity contribution in [3.05, 3.63) is 304 Å². The number of piperazine rings is 3. The molecule has 0 unspecified atom stereocenters. The molecule has 0 amide bonds. The molecule has 0 spiro atoms. The van der Waals surface area contributed by atoms with E-state index in [1.54, 1.807) is 24.7 Å². The van der Waals surface area contributed by atoms with E-state index < -0.39 is 16.9 Å². The lowest BCUT2D eigenvalue weighted by Gasteiger charge is -2.29. The standard InChI is InChI=1S/C22H19ClN2O2S.C22H20N2O2S.3C19H20N4O2/c23-17-5-4-6-19-20(17)24-21(28-19)16-12-15-8-7-14(11-18(15)27-22(16)26)13-25-9-2-1-3-10-25;25-22-17(21-23-18-6-2-3-7-20(18)27-21)13-16-9-8-15(12-19(16)26-22)14-24-10-4-1-5-11-24;1-13-2-5-18(21-12-13)22-16-10-14-3-4-15(11-17(14)25-19(16)24)23-8-6-20-7-9-23;1-13-4-5-21-18(10-13)22-16-11-14-2-3-15(12-17(14)25-19(16)24)23-8-6-20-7-9-23;1-13-3-2-6-21-18(13)22-16-11-14-4-5-15(12-17(14)25-19(16)24)23-9-7-20-8-10-23/h4-8,11-12H,1-3,9-10,13H2;2-3,6-9,12-13H,1,4-5,10-11,14H2;2*2-5,10-12,20H,6-9H2,1H3,(H,21,22);2-6,11-12,20H,7-10H2,1H3,(H,21,22). The number of rotatable bonds is 15. The van der Waals surface area contributed by atoms with Crippen molar-refractivity contribution in [1.82, 2.24) is 50.7 Å². The minimum atomic E-state index is -0.396. The normalized spacial score (nSPS) is 15.0. The lowest BCUT2D eigenvalue weighted by atomic mass is 10.1. The maximum absolute atomic E-state index is 12.7. The molecule has 15 heterocycles. The van der Waals surface area contributed by atoms with Crippen LogP contribution in [-0.2, 0) is 13.1 Å². The lowest BCUT2D eigenvalue weighted by molar-refractivity contribution is 0.221. The smallest absolute Gasteiger partial charge is 0.360 e. The zero-order valence-corrected chi connectivity index (χ0v) is 74.9. The average Bonchev–Trinajstić information content (AvgIpc) is 1.71. The average molecular weight is 1800 g/mol. The largest absolute Gasteiger partial charge is 0.422 e. The summed E-state index contributed by atoms with van der Waals surface area (Å²) < 4.78 is 30.0. The maximum atomic E-state index is 12.7. The third-order valence-corrected chi connectivity index (χ3v) is 26.1. The Morgan fingerprint density at radius 3 is 1.32 bits per heavy atom. The van der Waals surface area contributed by atoms with Crippen LogP contribution in [0.4, 0.5) is 51.6 Å². The van der Waals surface area contributed by atoms with Crippen LogP contribution in [0.2, 0.25) is 5.02 Å². The number of nitrogens with one attached hydrogen (secondary N) is 6. The molecule has 5 saturated heterocycles. The van der Waals surface area contributed by atoms with Crippen molar-refractivity contribution in [2.24, 2.45) is 0 Å². The number of piperidine rings is 2. The molecule has 5 aliphatic heterocycles. The predicted octanol–water partition coefficient (Wildman–Crippen LogP) is 18.7. The molecule has 0 saturated carbocycles. The molecule has 29 heteroatoms. The molecule has 5 aliphatic rings. The number of hydrogen-bond donors (Lipinski definition) is 6. The lowest BCUT2D eigenvalue weighted by Crippen LogP contribution is -2.43. The van der Waals surface area contributed by atoms with Gasteiger partial charge in [0.1, 0.15) is 78.0 Å². The second-order valence-corrected chi connectivity index (χ2v) is 35.6. The van der Waals surface area contributed by atoms with Gasteiger partial charge in [-0.25, -0.2) is 48.9 Å². The molecule has 26 nitrogen and oxygen atoms in total. The van der Waals surface area contributed by atoms with Crippen molar-refractivity contribution in [2.45, 2.75) is 72.4 Å². The summed E-state index contributed by atoms with van der Waals surface area (Å²) in [4.78, 5) is 96.0. The summed E-state index contributed by atoms with van der Waals surface area (Å²) in [6.45, 7) is 23.8. The van der Waals surface area contributed by atoms with Gasteiger partial charge < -0.3 is 68.7 Å². The summed E-state index contributed by atoms with van der Waals surface area (Å²) in [7, 11) is 0. The summed E-state index contributed by atoms with van der Waals surface area (Å²) in [5.41, 5.74) is 13.8. The Bertz CT molecular complexity index is 7220. The molecule has 22 rings (SSSR count). The topological polar surface area (TPSA) is 304 Å². The molecule has 0 bridgehead atoms. The number of para-hydroxylation sites is 2. The highest BCUT2D eigenvalue weighted by Crippen LogP contribution is 2.36. The molecule has 0 aliphatic carbocycles. The van der Waals surface area contributed by atoms with Crippen molar-refractivity contribution < 1.29 is 22.1 Å². The van der Waals surface area contributed by atoms with Gasteiger partial charge in [0, 0.05) is 172 Å². The number of thiazole rings is 2. The summed E-state index contributed by atoms with van der Waals surface area (Å²) in [6.07, 6.45) is 12.9. The van der Waals surface area contributed by atoms with Gasteiger partial charge in [-0.3, -0.25) is 9.80 Å². The molecule has 0 atom stereocenters. The Labute approximate surface area is 761 Å². The highest BCUT2D eigenvalue weighted by molar-refractivity contribution is 7.22. The number of benzene rings is 7. The van der Waals surface area contributed by atoms with Crippen molar-refractivity contribution >= 4 is 161 Å². The number of aromatic nitrogens is 5. The molecule has 17 aromatic rings. The van der Waals surface area contributed by atoms with Crippen molar-refractivity contribution in [3.8, 4) is 21.1 Å². The number of anilines is 9. The van der Waals surface area contributed by atoms with E-state index in [0.29, 0.717) is 88.6 Å². The third-order valence-electron chi connectivity index (χ3n) is 23.7. The quantitative estimate of drug-likeness (QED) is 0.0520. The SMILES string of the molecule is Cc1ccc(Nc2cc3ccc(N4CCNCC4)cc3oc2=O)nc1.Cc1cccnc1Nc1cc2ccc(N3CCNCC3)cc2oc1=O.Cc1ccnc(Nc2cc3ccc(N4CCNCC4)cc3oc2=O)c1.O=c1oc2cc(CN3CCCCC3)ccc2cc1-c1nc2c(Cl)cccc2s1.O=c1oc2cc(CN3CCCCC3)ccc2cc1-c1nc2ccccc2s1. The number of nitrogens with zero attached hydrogens (tertiary/aromatic N) is 10. The fraction of sp³-hybridized carbons (Fsp3) is 0.267. The number of hydrogen-bond acceptors (Lipinski definition) is 28. The summed E-state index contributed by atoms with van der Waals surface area (Å²) >= 11 is 9.20. The van der Waals surface area contributed by atoms with Crippen LogP contribution in [-0.4, -0.2) is 139 Å². The molecule has 5 fully saturated rings. The van der Waals surface area contributed by atoms with Crippen LogP contribution < -0.4 is 74.7 Å². The van der Waals surface area contributed by atoms with Gasteiger partial charge in [0.05, 0.1) is 31.1 Å². The van der Waals surface area contributed by atoms with Crippen LogP contribution in [0.3, 0.4) is 0 Å². The zero-order chi connectivity index (χ0) is 89.0. The Balaban J connectivity index is 0.000000109. The van der Waals surface area contributed by atoms with E-state index in [-0.39, 0.29) is 11.3 Å². The van der Waals surface area contributed by atoms with E-state index in [4.69, 9.17) is 33.7 Å². The molecule has 6 N–H and O–H groups in total. The van der Waals surface area contributed by atoms with Gasteiger partial charge in [-0.15, -0.1) is 22.7 Å². The van der Waals surface area contributed by atoms with Gasteiger partial charge in [0.15, 0.2) is 0 Å². The van der Waals surface area contributed by atoms with Gasteiger partial charge in [-0.1, -0.05) is 79.0 Å². The first-order valence-electron chi connectivity index (χ1n) is 44.2. The first-order valence-corrected chi connectivity index (χ1v) is 46.2. The molecule has 130 heavy (non-hydrogen) atoms. The van der Waals surface area contributed by atoms with Crippen LogP contribution in [0.1, 0.15) is 66.3 Å². The van der Waals surface area contributed by atoms with Crippen molar-refractivity contribution in [1.29, 1.82) is 0 Å². The van der Waals surface area contributed by atoms with E-state index in [0.717, 1.165) is 199 Å². The molecule has 10 aromatic heterocycles. The van der Waals surface area contributed by atoms with Crippen molar-refractivity contribution in [2.75, 3.05) is 135 Å². The molecule has 0 radical (unpaired) electrons. The van der Waals surface area contributed by atoms with Crippen LogP contribution in [0.5, 0.6) is 0 Å². The summed E-state index contributed by atoms with van der Waals surface area (Å²) in [5.74, 6) is 1.91. The van der Waals surface area contributed by atoms with Crippen molar-refractivity contribution in [3.63, 3.8) is 0 Å². The Hall–Kier alpha value is -13.3. The van der Waals surface area contributed by atoms with Gasteiger partial charge >= 0.3 is 28.1 Å². The summed E-state index contributed by atoms with van der Waals surface area (Å²) in [5, 5.41) is 25.6. The van der Waals surface area contributed by atoms with E-state index >= 15 is 0 Å². The Morgan fingerprint density at radius 2 is 0.831 bits per heavy atom. The van der Waals surface area contributed by atoms with E-state index in [1.807, 2.05) is 185 Å². The molecule has 662 valence electrons. The number of aryl methyl sites for hydroxylation is 3. The second-order valence-electron chi connectivity index (χ2n) is 33.1. The zero-order valence-electron chi connectivity index (χ0n) is 72.5. The third kappa shape index (κ3) is 21.3. The van der Waals surface area contributed by atoms with Gasteiger partial charge in [0.25, 0.3) is 0 Å². The second kappa shape index (κ2) is 40.6. The summed E-state index contributed by atoms with van der Waals surface area (Å²) in [6, 6.07) is 64.5. The highest BCUT2D eigenvalue weighted by atomic mass is 35.5. The Morgan fingerprint density at radius 1 is 0.377 bits per heavy atom. The molecule has 7 aromatic carbocycles. The van der Waals surface area contributed by atoms with Crippen LogP contribution in [0.25, 0.3) is 96.4 Å². The van der Waals surface area contributed by atoms with Crippen LogP contribution >= 0.6 is 34.3 Å². The van der Waals surface area contributed by atoms with E-state index in [1.165, 1.54) is 72.3 Å². The van der Waals surface area contributed by atoms with Gasteiger partial charge in [0.2, 0.25) is 0 Å². The number of fused-ring (bicyclic) bond motifs is 7.